The molecule has 0 aliphatic carbocycles. The fourth-order valence-corrected chi connectivity index (χ4v) is 2.88. The normalized spacial score (nSPS) is 10.5. The van der Waals surface area contributed by atoms with Gasteiger partial charge in [0.25, 0.3) is 0 Å². The zero-order valence-corrected chi connectivity index (χ0v) is 15.0. The largest absolute Gasteiger partial charge is 0.343 e. The predicted octanol–water partition coefficient (Wildman–Crippen LogP) is 5.24. The van der Waals surface area contributed by atoms with Gasteiger partial charge in [0.05, 0.1) is 11.9 Å². The minimum atomic E-state index is 0.0618. The van der Waals surface area contributed by atoms with Gasteiger partial charge in [-0.1, -0.05) is 35.4 Å². The molecule has 3 aromatic rings. The first-order valence-electron chi connectivity index (χ1n) is 8.06. The lowest BCUT2D eigenvalue weighted by molar-refractivity contribution is 0.0993. The summed E-state index contributed by atoms with van der Waals surface area (Å²) >= 11 is 6.33. The average molecular weight is 351 g/mol. The summed E-state index contributed by atoms with van der Waals surface area (Å²) in [5.74, 6) is 0.0618. The van der Waals surface area contributed by atoms with E-state index in [1.54, 1.807) is 12.4 Å². The van der Waals surface area contributed by atoms with Crippen LogP contribution in [0.15, 0.2) is 67.0 Å². The second-order valence-electron chi connectivity index (χ2n) is 6.02. The molecule has 0 aliphatic heterocycles. The number of halogens is 1. The van der Waals surface area contributed by atoms with E-state index in [-0.39, 0.29) is 12.2 Å². The molecule has 0 unspecified atom stereocenters. The van der Waals surface area contributed by atoms with E-state index < -0.39 is 0 Å². The molecule has 3 nitrogen and oxygen atoms in total. The Hall–Kier alpha value is -2.65. The number of anilines is 2. The summed E-state index contributed by atoms with van der Waals surface area (Å²) in [6, 6.07) is 17.2. The van der Waals surface area contributed by atoms with Gasteiger partial charge in [0, 0.05) is 35.9 Å². The molecule has 0 radical (unpaired) electrons. The van der Waals surface area contributed by atoms with Crippen molar-refractivity contribution in [1.82, 2.24) is 4.98 Å². The Balaban J connectivity index is 1.86. The van der Waals surface area contributed by atoms with Crippen LogP contribution in [0.2, 0.25) is 5.02 Å². The third kappa shape index (κ3) is 4.06. The molecular formula is C21H19ClN2O. The van der Waals surface area contributed by atoms with Crippen LogP contribution < -0.4 is 4.90 Å². The van der Waals surface area contributed by atoms with Crippen LogP contribution >= 0.6 is 11.6 Å². The molecule has 3 rings (SSSR count). The second kappa shape index (κ2) is 7.49. The number of nitrogens with zero attached hydrogens (tertiary/aromatic N) is 2. The smallest absolute Gasteiger partial charge is 0.167 e. The number of hydrogen-bond acceptors (Lipinski definition) is 3. The molecule has 4 heteroatoms. The number of Topliss-reactive ketones (excluding diaryl/α,β-unsaturated/α-hetero) is 1. The lowest BCUT2D eigenvalue weighted by atomic mass is 10.0. The van der Waals surface area contributed by atoms with E-state index in [4.69, 9.17) is 11.6 Å². The number of ketones is 1. The Labute approximate surface area is 152 Å². The fourth-order valence-electron chi connectivity index (χ4n) is 2.70. The van der Waals surface area contributed by atoms with Crippen molar-refractivity contribution in [1.29, 1.82) is 0 Å². The number of carbonyl (C=O) groups excluding carboxylic acids is 1. The van der Waals surface area contributed by atoms with Crippen LogP contribution in [0.25, 0.3) is 0 Å². The van der Waals surface area contributed by atoms with Crippen LogP contribution in [-0.4, -0.2) is 17.8 Å². The number of aryl methyl sites for hydroxylation is 1. The molecule has 126 valence electrons. The van der Waals surface area contributed by atoms with Crippen LogP contribution in [0.1, 0.15) is 21.5 Å². The molecule has 0 saturated carbocycles. The van der Waals surface area contributed by atoms with E-state index in [1.165, 1.54) is 0 Å². The van der Waals surface area contributed by atoms with Crippen molar-refractivity contribution < 1.29 is 4.79 Å². The van der Waals surface area contributed by atoms with Crippen LogP contribution in [0.3, 0.4) is 0 Å². The topological polar surface area (TPSA) is 33.2 Å². The maximum atomic E-state index is 12.6. The zero-order valence-electron chi connectivity index (χ0n) is 14.2. The summed E-state index contributed by atoms with van der Waals surface area (Å²) in [5, 5.41) is 0.601. The van der Waals surface area contributed by atoms with E-state index in [0.717, 1.165) is 22.5 Å². The van der Waals surface area contributed by atoms with Gasteiger partial charge in [-0.25, -0.2) is 0 Å². The molecule has 0 atom stereocenters. The first kappa shape index (κ1) is 17.2. The maximum absolute atomic E-state index is 12.6. The predicted molar refractivity (Wildman–Crippen MR) is 103 cm³/mol. The number of hydrogen-bond donors (Lipinski definition) is 0. The average Bonchev–Trinajstić information content (AvgIpc) is 2.63. The summed E-state index contributed by atoms with van der Waals surface area (Å²) in [7, 11) is 1.96. The maximum Gasteiger partial charge on any atom is 0.167 e. The molecule has 0 spiro atoms. The van der Waals surface area contributed by atoms with Gasteiger partial charge in [-0.15, -0.1) is 0 Å². The summed E-state index contributed by atoms with van der Waals surface area (Å²) in [5.41, 5.74) is 4.54. The van der Waals surface area contributed by atoms with Gasteiger partial charge in [0.2, 0.25) is 0 Å². The summed E-state index contributed by atoms with van der Waals surface area (Å²) in [6.07, 6.45) is 3.81. The summed E-state index contributed by atoms with van der Waals surface area (Å²) in [6.45, 7) is 1.98. The first-order chi connectivity index (χ1) is 12.0. The molecule has 1 aromatic heterocycles. The van der Waals surface area contributed by atoms with Crippen molar-refractivity contribution in [2.45, 2.75) is 13.3 Å². The Morgan fingerprint density at radius 1 is 1.08 bits per heavy atom. The van der Waals surface area contributed by atoms with Crippen molar-refractivity contribution in [2.24, 2.45) is 0 Å². The van der Waals surface area contributed by atoms with Crippen LogP contribution in [-0.2, 0) is 6.42 Å². The molecule has 0 amide bonds. The molecule has 1 heterocycles. The summed E-state index contributed by atoms with van der Waals surface area (Å²) in [4.78, 5) is 18.8. The van der Waals surface area contributed by atoms with Crippen LogP contribution in [0.5, 0.6) is 0 Å². The van der Waals surface area contributed by atoms with E-state index in [0.29, 0.717) is 10.6 Å². The van der Waals surface area contributed by atoms with Gasteiger partial charge in [0.15, 0.2) is 5.78 Å². The number of benzene rings is 2. The highest BCUT2D eigenvalue weighted by Crippen LogP contribution is 2.28. The minimum absolute atomic E-state index is 0.0618. The fraction of sp³-hybridized carbons (Fsp3) is 0.143. The Bertz CT molecular complexity index is 893. The van der Waals surface area contributed by atoms with Gasteiger partial charge in [-0.2, -0.15) is 0 Å². The van der Waals surface area contributed by atoms with Gasteiger partial charge < -0.3 is 4.90 Å². The Morgan fingerprint density at radius 3 is 2.64 bits per heavy atom. The number of carbonyl (C=O) groups is 1. The molecule has 0 aliphatic rings. The molecule has 0 saturated heterocycles. The molecule has 2 aromatic carbocycles. The highest BCUT2D eigenvalue weighted by atomic mass is 35.5. The van der Waals surface area contributed by atoms with Crippen LogP contribution in [0.4, 0.5) is 11.4 Å². The lowest BCUT2D eigenvalue weighted by Gasteiger charge is -2.20. The van der Waals surface area contributed by atoms with Gasteiger partial charge in [-0.05, 0) is 48.9 Å². The molecule has 0 bridgehead atoms. The molecule has 0 fully saturated rings. The van der Waals surface area contributed by atoms with Crippen molar-refractivity contribution in [3.8, 4) is 0 Å². The number of aromatic nitrogens is 1. The minimum Gasteiger partial charge on any atom is -0.343 e. The number of pyridine rings is 1. The van der Waals surface area contributed by atoms with Crippen molar-refractivity contribution in [2.75, 3.05) is 11.9 Å². The Kier molecular flexibility index (Phi) is 5.15. The Morgan fingerprint density at radius 2 is 1.92 bits per heavy atom. The summed E-state index contributed by atoms with van der Waals surface area (Å²) < 4.78 is 0. The first-order valence-corrected chi connectivity index (χ1v) is 8.44. The monoisotopic (exact) mass is 350 g/mol. The third-order valence-electron chi connectivity index (χ3n) is 4.14. The third-order valence-corrected chi connectivity index (χ3v) is 4.51. The number of rotatable bonds is 5. The van der Waals surface area contributed by atoms with Crippen LogP contribution in [0, 0.1) is 6.92 Å². The van der Waals surface area contributed by atoms with E-state index >= 15 is 0 Å². The SMILES string of the molecule is Cc1cccc(C(=O)Cc2cc(N(C)c3cccnc3)ccc2Cl)c1. The quantitative estimate of drug-likeness (QED) is 0.590. The standard InChI is InChI=1S/C21H19ClN2O/c1-15-5-3-6-16(11-15)21(25)13-17-12-18(8-9-20(17)22)24(2)19-7-4-10-23-14-19/h3-12,14H,13H2,1-2H3. The van der Waals surface area contributed by atoms with Gasteiger partial charge in [0.1, 0.15) is 0 Å². The highest BCUT2D eigenvalue weighted by molar-refractivity contribution is 6.31. The van der Waals surface area contributed by atoms with Crippen molar-refractivity contribution >= 4 is 28.8 Å². The van der Waals surface area contributed by atoms with Gasteiger partial charge in [-0.3, -0.25) is 9.78 Å². The zero-order chi connectivity index (χ0) is 17.8. The lowest BCUT2D eigenvalue weighted by Crippen LogP contribution is -2.11. The van der Waals surface area contributed by atoms with E-state index in [2.05, 4.69) is 4.98 Å². The molecular weight excluding hydrogens is 332 g/mol. The highest BCUT2D eigenvalue weighted by Gasteiger charge is 2.12. The van der Waals surface area contributed by atoms with Crippen molar-refractivity contribution in [3.63, 3.8) is 0 Å². The second-order valence-corrected chi connectivity index (χ2v) is 6.42. The molecule has 0 N–H and O–H groups in total. The van der Waals surface area contributed by atoms with E-state index in [1.807, 2.05) is 73.5 Å². The van der Waals surface area contributed by atoms with E-state index in [9.17, 15) is 4.79 Å². The molecule has 25 heavy (non-hydrogen) atoms. The van der Waals surface area contributed by atoms with Gasteiger partial charge >= 0.3 is 0 Å². The van der Waals surface area contributed by atoms with Crippen molar-refractivity contribution in [3.05, 3.63) is 88.7 Å².